The Hall–Kier alpha value is -3.43. The third kappa shape index (κ3) is 6.05. The Kier molecular flexibility index (Phi) is 8.59. The number of nitrogens with one attached hydrogen (secondary N) is 1. The lowest BCUT2D eigenvalue weighted by atomic mass is 10.2. The fraction of sp³-hybridized carbons (Fsp3) is 0.261. The lowest BCUT2D eigenvalue weighted by Gasteiger charge is -2.06. The van der Waals surface area contributed by atoms with Gasteiger partial charge in [-0.2, -0.15) is 0 Å². The van der Waals surface area contributed by atoms with Crippen LogP contribution in [0.4, 0.5) is 5.82 Å². The first-order valence-electron chi connectivity index (χ1n) is 10.3. The van der Waals surface area contributed by atoms with Crippen molar-refractivity contribution in [1.29, 1.82) is 0 Å². The Morgan fingerprint density at radius 3 is 2.53 bits per heavy atom. The van der Waals surface area contributed by atoms with E-state index in [0.29, 0.717) is 33.8 Å². The van der Waals surface area contributed by atoms with E-state index in [4.69, 9.17) is 10.5 Å². The molecule has 0 saturated carbocycles. The topological polar surface area (TPSA) is 116 Å². The summed E-state index contributed by atoms with van der Waals surface area (Å²) in [6.07, 6.45) is 5.88. The zero-order chi connectivity index (χ0) is 22.8. The van der Waals surface area contributed by atoms with Crippen molar-refractivity contribution < 1.29 is 9.53 Å². The Morgan fingerprint density at radius 1 is 1.09 bits per heavy atom. The van der Waals surface area contributed by atoms with E-state index in [1.54, 1.807) is 24.0 Å². The number of ether oxygens (including phenoxy) is 1. The molecule has 0 saturated heterocycles. The Bertz CT molecular complexity index is 1130. The standard InChI is InChI=1S/C19H16N6OS.C4H10O/c20-16-15-13(18(26)23-10-6-12-4-8-21-9-5-12)11-27-19(15)25-17(24-16)14-3-1-2-7-22-14;1-3-5-4-2/h1-5,7-9,11H,6,10H2,(H,23,26)(H2,20,24,25);3-4H2,1-2H3. The number of carbonyl (C=O) groups is 1. The summed E-state index contributed by atoms with van der Waals surface area (Å²) in [4.78, 5) is 30.3. The summed E-state index contributed by atoms with van der Waals surface area (Å²) in [5.41, 5.74) is 8.39. The van der Waals surface area contributed by atoms with Crippen molar-refractivity contribution in [3.8, 4) is 11.5 Å². The molecule has 4 aromatic rings. The number of carbonyl (C=O) groups excluding carboxylic acids is 1. The summed E-state index contributed by atoms with van der Waals surface area (Å²) < 4.78 is 4.83. The van der Waals surface area contributed by atoms with Gasteiger partial charge >= 0.3 is 0 Å². The van der Waals surface area contributed by atoms with Crippen LogP contribution in [-0.2, 0) is 11.2 Å². The largest absolute Gasteiger partial charge is 0.383 e. The summed E-state index contributed by atoms with van der Waals surface area (Å²) in [6, 6.07) is 9.36. The normalized spacial score (nSPS) is 10.4. The molecule has 0 aliphatic carbocycles. The number of hydrogen-bond donors (Lipinski definition) is 2. The van der Waals surface area contributed by atoms with E-state index in [-0.39, 0.29) is 11.7 Å². The lowest BCUT2D eigenvalue weighted by molar-refractivity contribution is 0.0956. The summed E-state index contributed by atoms with van der Waals surface area (Å²) in [7, 11) is 0. The average Bonchev–Trinajstić information content (AvgIpc) is 3.26. The van der Waals surface area contributed by atoms with E-state index in [9.17, 15) is 4.79 Å². The summed E-state index contributed by atoms with van der Waals surface area (Å²) in [5.74, 6) is 0.546. The van der Waals surface area contributed by atoms with Crippen LogP contribution < -0.4 is 11.1 Å². The van der Waals surface area contributed by atoms with E-state index < -0.39 is 0 Å². The van der Waals surface area contributed by atoms with Crippen molar-refractivity contribution in [3.05, 3.63) is 65.4 Å². The molecule has 9 heteroatoms. The Morgan fingerprint density at radius 2 is 1.88 bits per heavy atom. The van der Waals surface area contributed by atoms with Crippen LogP contribution in [0.1, 0.15) is 29.8 Å². The van der Waals surface area contributed by atoms with Crippen molar-refractivity contribution in [3.63, 3.8) is 0 Å². The van der Waals surface area contributed by atoms with Gasteiger partial charge in [-0.15, -0.1) is 11.3 Å². The fourth-order valence-electron chi connectivity index (χ4n) is 2.91. The van der Waals surface area contributed by atoms with Gasteiger partial charge < -0.3 is 15.8 Å². The van der Waals surface area contributed by atoms with Crippen LogP contribution in [0, 0.1) is 0 Å². The number of amides is 1. The van der Waals surface area contributed by atoms with Gasteiger partial charge in [-0.3, -0.25) is 14.8 Å². The summed E-state index contributed by atoms with van der Waals surface area (Å²) >= 11 is 1.37. The number of thiophene rings is 1. The van der Waals surface area contributed by atoms with Gasteiger partial charge in [0, 0.05) is 43.7 Å². The highest BCUT2D eigenvalue weighted by molar-refractivity contribution is 7.17. The SMILES string of the molecule is CCOCC.Nc1nc(-c2ccccn2)nc2scc(C(=O)NCCc3ccncc3)c12. The minimum absolute atomic E-state index is 0.184. The van der Waals surface area contributed by atoms with E-state index in [0.717, 1.165) is 25.2 Å². The lowest BCUT2D eigenvalue weighted by Crippen LogP contribution is -2.25. The molecule has 0 bridgehead atoms. The predicted molar refractivity (Wildman–Crippen MR) is 127 cm³/mol. The van der Waals surface area contributed by atoms with Gasteiger partial charge in [-0.05, 0) is 50.1 Å². The third-order valence-electron chi connectivity index (χ3n) is 4.46. The highest BCUT2D eigenvalue weighted by Crippen LogP contribution is 2.30. The molecule has 0 atom stereocenters. The van der Waals surface area contributed by atoms with Crippen molar-refractivity contribution >= 4 is 33.3 Å². The number of anilines is 1. The first-order valence-corrected chi connectivity index (χ1v) is 11.2. The van der Waals surface area contributed by atoms with Crippen LogP contribution in [0.15, 0.2) is 54.3 Å². The molecule has 0 aromatic carbocycles. The van der Waals surface area contributed by atoms with E-state index in [1.165, 1.54) is 11.3 Å². The molecule has 0 fully saturated rings. The molecule has 4 aromatic heterocycles. The van der Waals surface area contributed by atoms with Gasteiger partial charge in [-0.25, -0.2) is 9.97 Å². The molecule has 32 heavy (non-hydrogen) atoms. The van der Waals surface area contributed by atoms with Crippen LogP contribution in [0.5, 0.6) is 0 Å². The summed E-state index contributed by atoms with van der Waals surface area (Å²) in [6.45, 7) is 6.19. The maximum absolute atomic E-state index is 12.6. The van der Waals surface area contributed by atoms with Crippen LogP contribution in [-0.4, -0.2) is 45.6 Å². The number of nitrogens with zero attached hydrogens (tertiary/aromatic N) is 4. The molecule has 0 aliphatic rings. The van der Waals surface area contributed by atoms with Crippen LogP contribution in [0.3, 0.4) is 0 Å². The first-order chi connectivity index (χ1) is 15.6. The molecular weight excluding hydrogens is 424 g/mol. The molecule has 8 nitrogen and oxygen atoms in total. The minimum atomic E-state index is -0.184. The summed E-state index contributed by atoms with van der Waals surface area (Å²) in [5, 5.41) is 5.27. The monoisotopic (exact) mass is 450 g/mol. The maximum Gasteiger partial charge on any atom is 0.252 e. The smallest absolute Gasteiger partial charge is 0.252 e. The van der Waals surface area contributed by atoms with Crippen molar-refractivity contribution in [2.24, 2.45) is 0 Å². The minimum Gasteiger partial charge on any atom is -0.383 e. The van der Waals surface area contributed by atoms with E-state index in [2.05, 4.69) is 25.3 Å². The number of aromatic nitrogens is 4. The molecule has 4 heterocycles. The van der Waals surface area contributed by atoms with E-state index >= 15 is 0 Å². The molecule has 0 spiro atoms. The van der Waals surface area contributed by atoms with Gasteiger partial charge in [0.1, 0.15) is 16.3 Å². The second-order valence-corrected chi connectivity index (χ2v) is 7.48. The number of nitrogen functional groups attached to an aromatic ring is 1. The molecule has 4 rings (SSSR count). The molecule has 1 amide bonds. The number of fused-ring (bicyclic) bond motifs is 1. The Balaban J connectivity index is 0.000000523. The van der Waals surface area contributed by atoms with Crippen LogP contribution >= 0.6 is 11.3 Å². The number of pyridine rings is 2. The second kappa shape index (κ2) is 11.8. The van der Waals surface area contributed by atoms with Crippen LogP contribution in [0.25, 0.3) is 21.7 Å². The number of nitrogens with two attached hydrogens (primary N) is 1. The second-order valence-electron chi connectivity index (χ2n) is 6.62. The van der Waals surface area contributed by atoms with E-state index in [1.807, 2.05) is 44.2 Å². The fourth-order valence-corrected chi connectivity index (χ4v) is 3.84. The zero-order valence-electron chi connectivity index (χ0n) is 18.1. The average molecular weight is 451 g/mol. The van der Waals surface area contributed by atoms with Gasteiger partial charge in [0.2, 0.25) is 0 Å². The quantitative estimate of drug-likeness (QED) is 0.440. The van der Waals surface area contributed by atoms with Crippen LogP contribution in [0.2, 0.25) is 0 Å². The number of hydrogen-bond acceptors (Lipinski definition) is 8. The van der Waals surface area contributed by atoms with Crippen molar-refractivity contribution in [2.45, 2.75) is 20.3 Å². The molecule has 0 unspecified atom stereocenters. The Labute approximate surface area is 190 Å². The third-order valence-corrected chi connectivity index (χ3v) is 5.33. The zero-order valence-corrected chi connectivity index (χ0v) is 18.9. The molecule has 0 radical (unpaired) electrons. The number of rotatable bonds is 7. The molecule has 3 N–H and O–H groups in total. The molecule has 166 valence electrons. The van der Waals surface area contributed by atoms with Crippen molar-refractivity contribution in [1.82, 2.24) is 25.3 Å². The van der Waals surface area contributed by atoms with Gasteiger partial charge in [0.15, 0.2) is 5.82 Å². The van der Waals surface area contributed by atoms with Gasteiger partial charge in [0.05, 0.1) is 10.9 Å². The molecule has 0 aliphatic heterocycles. The first kappa shape index (κ1) is 23.2. The maximum atomic E-state index is 12.6. The highest BCUT2D eigenvalue weighted by Gasteiger charge is 2.18. The van der Waals surface area contributed by atoms with Crippen molar-refractivity contribution in [2.75, 3.05) is 25.5 Å². The predicted octanol–water partition coefficient (Wildman–Crippen LogP) is 3.75. The van der Waals surface area contributed by atoms with Gasteiger partial charge in [0.25, 0.3) is 5.91 Å². The molecular formula is C23H26N6O2S. The van der Waals surface area contributed by atoms with Gasteiger partial charge in [-0.1, -0.05) is 6.07 Å². The highest BCUT2D eigenvalue weighted by atomic mass is 32.1.